The van der Waals surface area contributed by atoms with E-state index in [0.717, 1.165) is 6.42 Å². The van der Waals surface area contributed by atoms with Gasteiger partial charge in [-0.25, -0.2) is 0 Å². The van der Waals surface area contributed by atoms with E-state index in [1.54, 1.807) is 6.92 Å². The van der Waals surface area contributed by atoms with Gasteiger partial charge in [-0.05, 0) is 12.8 Å². The number of rotatable bonds is 2. The number of Topliss-reactive ketones (excluding diaryl/α,β-unsaturated/α-hetero) is 1. The number of carbonyl (C=O) groups excluding carboxylic acids is 1. The van der Waals surface area contributed by atoms with E-state index in [2.05, 4.69) is 0 Å². The normalized spacial score (nSPS) is 10.5. The molecule has 5 nitrogen and oxygen atoms in total. The lowest BCUT2D eigenvalue weighted by Gasteiger charge is -1.95. The zero-order valence-corrected chi connectivity index (χ0v) is 8.13. The van der Waals surface area contributed by atoms with E-state index in [1.165, 1.54) is 0 Å². The molecule has 0 amide bonds. The van der Waals surface area contributed by atoms with Gasteiger partial charge < -0.3 is 4.79 Å². The van der Waals surface area contributed by atoms with Crippen LogP contribution in [0.4, 0.5) is 0 Å². The van der Waals surface area contributed by atoms with Crippen LogP contribution in [-0.2, 0) is 15.2 Å². The monoisotopic (exact) mass is 198 g/mol. The van der Waals surface area contributed by atoms with Crippen molar-refractivity contribution >= 4 is 16.2 Å². The second-order valence-corrected chi connectivity index (χ2v) is 3.64. The summed E-state index contributed by atoms with van der Waals surface area (Å²) < 4.78 is 31.6. The van der Waals surface area contributed by atoms with Crippen LogP contribution in [-0.4, -0.2) is 23.3 Å². The Morgan fingerprint density at radius 1 is 1.33 bits per heavy atom. The van der Waals surface area contributed by atoms with E-state index in [1.807, 2.05) is 13.8 Å². The number of hydrogen-bond donors (Lipinski definition) is 2. The van der Waals surface area contributed by atoms with Crippen LogP contribution < -0.4 is 0 Å². The van der Waals surface area contributed by atoms with Crippen molar-refractivity contribution in [2.24, 2.45) is 5.92 Å². The SMILES string of the molecule is CC(=O)CC(C)C.O=S(=O)(O)O. The molecule has 6 heteroatoms. The average Bonchev–Trinajstić information content (AvgIpc) is 1.52. The third-order valence-electron chi connectivity index (χ3n) is 0.696. The molecular formula is C6H14O5S. The van der Waals surface area contributed by atoms with E-state index >= 15 is 0 Å². The fourth-order valence-corrected chi connectivity index (χ4v) is 0.575. The minimum absolute atomic E-state index is 0.287. The maximum absolute atomic E-state index is 10.3. The van der Waals surface area contributed by atoms with Crippen LogP contribution in [0.25, 0.3) is 0 Å². The Morgan fingerprint density at radius 3 is 1.58 bits per heavy atom. The summed E-state index contributed by atoms with van der Waals surface area (Å²) in [5.41, 5.74) is 0. The first-order chi connectivity index (χ1) is 5.13. The van der Waals surface area contributed by atoms with Crippen LogP contribution in [0, 0.1) is 5.92 Å². The highest BCUT2D eigenvalue weighted by Gasteiger charge is 1.95. The molecule has 0 aliphatic rings. The molecule has 0 saturated heterocycles. The van der Waals surface area contributed by atoms with E-state index < -0.39 is 10.4 Å². The van der Waals surface area contributed by atoms with Gasteiger partial charge in [0, 0.05) is 6.42 Å². The number of carbonyl (C=O) groups is 1. The Labute approximate surface area is 72.4 Å². The van der Waals surface area contributed by atoms with Crippen molar-refractivity contribution in [1.29, 1.82) is 0 Å². The Morgan fingerprint density at radius 2 is 1.58 bits per heavy atom. The second-order valence-electron chi connectivity index (χ2n) is 2.75. The molecule has 0 spiro atoms. The summed E-state index contributed by atoms with van der Waals surface area (Å²) in [7, 11) is -4.67. The largest absolute Gasteiger partial charge is 0.394 e. The first-order valence-electron chi connectivity index (χ1n) is 3.32. The number of ketones is 1. The summed E-state index contributed by atoms with van der Waals surface area (Å²) in [5, 5.41) is 0. The van der Waals surface area contributed by atoms with Gasteiger partial charge in [0.2, 0.25) is 0 Å². The summed E-state index contributed by atoms with van der Waals surface area (Å²) in [5.74, 6) is 0.813. The Balaban J connectivity index is 0. The van der Waals surface area contributed by atoms with Crippen LogP contribution >= 0.6 is 0 Å². The van der Waals surface area contributed by atoms with Gasteiger partial charge in [-0.15, -0.1) is 0 Å². The minimum Gasteiger partial charge on any atom is -0.300 e. The fourth-order valence-electron chi connectivity index (χ4n) is 0.575. The number of hydrogen-bond acceptors (Lipinski definition) is 3. The fraction of sp³-hybridized carbons (Fsp3) is 0.833. The van der Waals surface area contributed by atoms with E-state index in [-0.39, 0.29) is 5.78 Å². The molecule has 0 fully saturated rings. The third kappa shape index (κ3) is 55.5. The van der Waals surface area contributed by atoms with Crippen LogP contribution in [0.1, 0.15) is 27.2 Å². The molecule has 0 bridgehead atoms. The predicted molar refractivity (Wildman–Crippen MR) is 44.3 cm³/mol. The third-order valence-corrected chi connectivity index (χ3v) is 0.696. The van der Waals surface area contributed by atoms with Crippen molar-refractivity contribution in [3.63, 3.8) is 0 Å². The maximum Gasteiger partial charge on any atom is 0.394 e. The average molecular weight is 198 g/mol. The lowest BCUT2D eigenvalue weighted by molar-refractivity contribution is -0.117. The van der Waals surface area contributed by atoms with Gasteiger partial charge >= 0.3 is 10.4 Å². The zero-order valence-electron chi connectivity index (χ0n) is 7.31. The molecular weight excluding hydrogens is 184 g/mol. The van der Waals surface area contributed by atoms with Gasteiger partial charge in [0.1, 0.15) is 5.78 Å². The molecule has 0 aliphatic heterocycles. The van der Waals surface area contributed by atoms with E-state index in [9.17, 15) is 4.79 Å². The summed E-state index contributed by atoms with van der Waals surface area (Å²) >= 11 is 0. The molecule has 74 valence electrons. The molecule has 0 radical (unpaired) electrons. The predicted octanol–water partition coefficient (Wildman–Crippen LogP) is 0.969. The summed E-state index contributed by atoms with van der Waals surface area (Å²) in [4.78, 5) is 10.3. The molecule has 0 atom stereocenters. The molecule has 0 rings (SSSR count). The Bertz CT molecular complexity index is 208. The summed E-state index contributed by atoms with van der Waals surface area (Å²) in [6.45, 7) is 5.71. The van der Waals surface area contributed by atoms with Gasteiger partial charge in [0.05, 0.1) is 0 Å². The molecule has 12 heavy (non-hydrogen) atoms. The first-order valence-corrected chi connectivity index (χ1v) is 4.72. The van der Waals surface area contributed by atoms with Crippen molar-refractivity contribution in [3.05, 3.63) is 0 Å². The summed E-state index contributed by atoms with van der Waals surface area (Å²) in [6, 6.07) is 0. The van der Waals surface area contributed by atoms with Gasteiger partial charge in [0.25, 0.3) is 0 Å². The zero-order chi connectivity index (χ0) is 10.4. The van der Waals surface area contributed by atoms with Crippen LogP contribution in [0.2, 0.25) is 0 Å². The van der Waals surface area contributed by atoms with Crippen molar-refractivity contribution in [3.8, 4) is 0 Å². The first kappa shape index (κ1) is 14.1. The summed E-state index contributed by atoms with van der Waals surface area (Å²) in [6.07, 6.45) is 0.722. The van der Waals surface area contributed by atoms with Gasteiger partial charge in [-0.1, -0.05) is 13.8 Å². The van der Waals surface area contributed by atoms with Crippen molar-refractivity contribution in [2.45, 2.75) is 27.2 Å². The van der Waals surface area contributed by atoms with Crippen LogP contribution in [0.3, 0.4) is 0 Å². The molecule has 0 saturated carbocycles. The lowest BCUT2D eigenvalue weighted by Crippen LogP contribution is -1.95. The van der Waals surface area contributed by atoms with Crippen molar-refractivity contribution in [2.75, 3.05) is 0 Å². The standard InChI is InChI=1S/C6H12O.H2O4S/c1-5(2)4-6(3)7;1-5(2,3)4/h5H,4H2,1-3H3;(H2,1,2,3,4). The van der Waals surface area contributed by atoms with Gasteiger partial charge in [0.15, 0.2) is 0 Å². The van der Waals surface area contributed by atoms with Gasteiger partial charge in [-0.3, -0.25) is 9.11 Å². The minimum atomic E-state index is -4.67. The molecule has 0 aromatic carbocycles. The van der Waals surface area contributed by atoms with Crippen LogP contribution in [0.5, 0.6) is 0 Å². The Kier molecular flexibility index (Phi) is 7.16. The molecule has 0 aromatic rings. The quantitative estimate of drug-likeness (QED) is 0.645. The molecule has 0 aromatic heterocycles. The smallest absolute Gasteiger partial charge is 0.300 e. The maximum atomic E-state index is 10.3. The topological polar surface area (TPSA) is 91.7 Å². The molecule has 2 N–H and O–H groups in total. The molecule has 0 aliphatic carbocycles. The van der Waals surface area contributed by atoms with Gasteiger partial charge in [-0.2, -0.15) is 8.42 Å². The van der Waals surface area contributed by atoms with E-state index in [4.69, 9.17) is 17.5 Å². The lowest BCUT2D eigenvalue weighted by atomic mass is 10.1. The van der Waals surface area contributed by atoms with Crippen LogP contribution in [0.15, 0.2) is 0 Å². The second kappa shape index (κ2) is 6.10. The molecule has 0 heterocycles. The Hall–Kier alpha value is -0.460. The highest BCUT2D eigenvalue weighted by Crippen LogP contribution is 1.97. The van der Waals surface area contributed by atoms with E-state index in [0.29, 0.717) is 5.92 Å². The highest BCUT2D eigenvalue weighted by molar-refractivity contribution is 7.79. The van der Waals surface area contributed by atoms with Crippen molar-refractivity contribution in [1.82, 2.24) is 0 Å². The molecule has 0 unspecified atom stereocenters. The highest BCUT2D eigenvalue weighted by atomic mass is 32.3. The van der Waals surface area contributed by atoms with Crippen molar-refractivity contribution < 1.29 is 22.3 Å².